The Hall–Kier alpha value is -2.15. The molecular formula is C11H6N4S2. The monoisotopic (exact) mass is 258 g/mol. The van der Waals surface area contributed by atoms with Crippen molar-refractivity contribution in [2.75, 3.05) is 5.32 Å². The molecule has 0 aliphatic heterocycles. The van der Waals surface area contributed by atoms with Crippen LogP contribution in [-0.4, -0.2) is 4.98 Å². The highest BCUT2D eigenvalue weighted by molar-refractivity contribution is 7.73. The Morgan fingerprint density at radius 2 is 2.18 bits per heavy atom. The summed E-state index contributed by atoms with van der Waals surface area (Å²) in [5.41, 5.74) is 1.83. The number of thiazole rings is 1. The van der Waals surface area contributed by atoms with Crippen LogP contribution in [0.1, 0.15) is 0 Å². The minimum atomic E-state index is 0.0341. The van der Waals surface area contributed by atoms with Crippen LogP contribution in [0.4, 0.5) is 5.69 Å². The number of nitrogens with one attached hydrogen (secondary N) is 2. The van der Waals surface area contributed by atoms with Gasteiger partial charge in [-0.1, -0.05) is 0 Å². The summed E-state index contributed by atoms with van der Waals surface area (Å²) in [6.07, 6.45) is 1.38. The second-order valence-electron chi connectivity index (χ2n) is 3.15. The van der Waals surface area contributed by atoms with E-state index >= 15 is 0 Å². The molecule has 4 nitrogen and oxygen atoms in total. The van der Waals surface area contributed by atoms with Crippen LogP contribution in [0.25, 0.3) is 10.2 Å². The third-order valence-electron chi connectivity index (χ3n) is 2.05. The van der Waals surface area contributed by atoms with Gasteiger partial charge in [-0.3, -0.25) is 0 Å². The molecule has 1 aromatic heterocycles. The zero-order chi connectivity index (χ0) is 12.3. The van der Waals surface area contributed by atoms with E-state index in [1.165, 1.54) is 17.5 Å². The number of fused-ring (bicyclic) bond motifs is 1. The minimum Gasteiger partial charge on any atom is -0.360 e. The van der Waals surface area contributed by atoms with Crippen LogP contribution in [0.2, 0.25) is 0 Å². The SMILES string of the molecule is N#CC(C#N)=CNc1ccc2[nH]c(=S)sc2c1. The first kappa shape index (κ1) is 11.3. The summed E-state index contributed by atoms with van der Waals surface area (Å²) in [7, 11) is 0. The minimum absolute atomic E-state index is 0.0341. The molecule has 0 fully saturated rings. The summed E-state index contributed by atoms with van der Waals surface area (Å²) >= 11 is 6.53. The van der Waals surface area contributed by atoms with Crippen molar-refractivity contribution in [1.82, 2.24) is 4.98 Å². The molecule has 17 heavy (non-hydrogen) atoms. The van der Waals surface area contributed by atoms with Gasteiger partial charge in [0.05, 0.1) is 10.2 Å². The van der Waals surface area contributed by atoms with E-state index in [1.807, 2.05) is 18.2 Å². The Balaban J connectivity index is 2.32. The first-order valence-corrected chi connectivity index (χ1v) is 5.85. The molecule has 1 heterocycles. The highest BCUT2D eigenvalue weighted by atomic mass is 32.1. The lowest BCUT2D eigenvalue weighted by Crippen LogP contribution is -1.89. The quantitative estimate of drug-likeness (QED) is 0.640. The van der Waals surface area contributed by atoms with E-state index in [9.17, 15) is 0 Å². The lowest BCUT2D eigenvalue weighted by molar-refractivity contribution is 1.44. The van der Waals surface area contributed by atoms with Gasteiger partial charge in [-0.25, -0.2) is 0 Å². The molecule has 82 valence electrons. The fraction of sp³-hybridized carbons (Fsp3) is 0. The number of rotatable bonds is 2. The normalized spacial score (nSPS) is 9.29. The van der Waals surface area contributed by atoms with Gasteiger partial charge in [0.15, 0.2) is 3.95 Å². The molecule has 2 aromatic rings. The van der Waals surface area contributed by atoms with Gasteiger partial charge in [-0.15, -0.1) is 11.3 Å². The smallest absolute Gasteiger partial charge is 0.159 e. The maximum absolute atomic E-state index is 8.58. The van der Waals surface area contributed by atoms with Crippen molar-refractivity contribution in [2.45, 2.75) is 0 Å². The molecule has 0 aliphatic carbocycles. The maximum atomic E-state index is 8.58. The Kier molecular flexibility index (Phi) is 3.20. The zero-order valence-corrected chi connectivity index (χ0v) is 10.2. The molecule has 0 atom stereocenters. The topological polar surface area (TPSA) is 75.4 Å². The van der Waals surface area contributed by atoms with E-state index in [4.69, 9.17) is 22.7 Å². The summed E-state index contributed by atoms with van der Waals surface area (Å²) < 4.78 is 1.76. The van der Waals surface area contributed by atoms with Crippen LogP contribution >= 0.6 is 23.6 Å². The van der Waals surface area contributed by atoms with Crippen molar-refractivity contribution in [3.8, 4) is 12.1 Å². The number of anilines is 1. The predicted octanol–water partition coefficient (Wildman–Crippen LogP) is 3.30. The van der Waals surface area contributed by atoms with Crippen molar-refractivity contribution in [3.05, 3.63) is 33.9 Å². The van der Waals surface area contributed by atoms with Crippen molar-refractivity contribution in [1.29, 1.82) is 10.5 Å². The zero-order valence-electron chi connectivity index (χ0n) is 8.52. The van der Waals surface area contributed by atoms with Crippen LogP contribution in [0, 0.1) is 26.6 Å². The first-order valence-electron chi connectivity index (χ1n) is 4.62. The molecule has 0 amide bonds. The molecule has 0 radical (unpaired) electrons. The summed E-state index contributed by atoms with van der Waals surface area (Å²) in [5, 5.41) is 20.1. The van der Waals surface area contributed by atoms with Crippen LogP contribution in [0.15, 0.2) is 30.0 Å². The number of aromatic nitrogens is 1. The predicted molar refractivity (Wildman–Crippen MR) is 69.9 cm³/mol. The van der Waals surface area contributed by atoms with Gasteiger partial charge in [0, 0.05) is 11.9 Å². The number of benzene rings is 1. The Morgan fingerprint density at radius 1 is 1.41 bits per heavy atom. The summed E-state index contributed by atoms with van der Waals surface area (Å²) in [6.45, 7) is 0. The van der Waals surface area contributed by atoms with Gasteiger partial charge in [-0.05, 0) is 30.4 Å². The van der Waals surface area contributed by atoms with Gasteiger partial charge in [0.2, 0.25) is 0 Å². The first-order chi connectivity index (χ1) is 8.22. The average molecular weight is 258 g/mol. The Bertz CT molecular complexity index is 708. The Morgan fingerprint density at radius 3 is 2.88 bits per heavy atom. The van der Waals surface area contributed by atoms with E-state index in [0.717, 1.165) is 19.9 Å². The summed E-state index contributed by atoms with van der Waals surface area (Å²) in [6, 6.07) is 9.22. The molecule has 0 aliphatic rings. The fourth-order valence-corrected chi connectivity index (χ4v) is 2.44. The lowest BCUT2D eigenvalue weighted by atomic mass is 10.3. The van der Waals surface area contributed by atoms with Crippen LogP contribution in [0.3, 0.4) is 0 Å². The van der Waals surface area contributed by atoms with E-state index in [0.29, 0.717) is 0 Å². The van der Waals surface area contributed by atoms with Crippen LogP contribution < -0.4 is 5.32 Å². The van der Waals surface area contributed by atoms with Crippen molar-refractivity contribution in [2.24, 2.45) is 0 Å². The molecule has 6 heteroatoms. The molecular weight excluding hydrogens is 252 g/mol. The van der Waals surface area contributed by atoms with E-state index in [1.54, 1.807) is 12.1 Å². The number of allylic oxidation sites excluding steroid dienone is 1. The van der Waals surface area contributed by atoms with Gasteiger partial charge >= 0.3 is 0 Å². The van der Waals surface area contributed by atoms with E-state index < -0.39 is 0 Å². The summed E-state index contributed by atoms with van der Waals surface area (Å²) in [5.74, 6) is 0. The average Bonchev–Trinajstić information content (AvgIpc) is 2.69. The molecule has 0 saturated heterocycles. The number of H-pyrrole nitrogens is 1. The van der Waals surface area contributed by atoms with E-state index in [-0.39, 0.29) is 5.57 Å². The highest BCUT2D eigenvalue weighted by Crippen LogP contribution is 2.23. The van der Waals surface area contributed by atoms with Gasteiger partial charge < -0.3 is 10.3 Å². The van der Waals surface area contributed by atoms with Gasteiger partial charge in [0.25, 0.3) is 0 Å². The van der Waals surface area contributed by atoms with Gasteiger partial charge in [0.1, 0.15) is 17.7 Å². The number of hydrogen-bond donors (Lipinski definition) is 2. The molecule has 0 saturated carbocycles. The molecule has 0 bridgehead atoms. The Labute approximate surface area is 106 Å². The summed E-state index contributed by atoms with van der Waals surface area (Å²) in [4.78, 5) is 3.06. The maximum Gasteiger partial charge on any atom is 0.159 e. The molecule has 0 unspecified atom stereocenters. The van der Waals surface area contributed by atoms with E-state index in [2.05, 4.69) is 10.3 Å². The standard InChI is InChI=1S/C11H6N4S2/c12-4-7(5-13)6-14-8-1-2-9-10(3-8)17-11(16)15-9/h1-3,6,14H,(H,15,16). The van der Waals surface area contributed by atoms with Crippen molar-refractivity contribution in [3.63, 3.8) is 0 Å². The third kappa shape index (κ3) is 2.51. The molecule has 0 spiro atoms. The number of nitrogens with zero attached hydrogens (tertiary/aromatic N) is 2. The highest BCUT2D eigenvalue weighted by Gasteiger charge is 1.98. The van der Waals surface area contributed by atoms with Crippen molar-refractivity contribution < 1.29 is 0 Å². The molecule has 1 aromatic carbocycles. The fourth-order valence-electron chi connectivity index (χ4n) is 1.28. The molecule has 2 rings (SSSR count). The third-order valence-corrected chi connectivity index (χ3v) is 3.24. The largest absolute Gasteiger partial charge is 0.360 e. The number of nitriles is 2. The second kappa shape index (κ2) is 4.79. The number of hydrogen-bond acceptors (Lipinski definition) is 5. The van der Waals surface area contributed by atoms with Gasteiger partial charge in [-0.2, -0.15) is 10.5 Å². The van der Waals surface area contributed by atoms with Crippen LogP contribution in [0.5, 0.6) is 0 Å². The lowest BCUT2D eigenvalue weighted by Gasteiger charge is -1.99. The van der Waals surface area contributed by atoms with Crippen LogP contribution in [-0.2, 0) is 0 Å². The van der Waals surface area contributed by atoms with Crippen molar-refractivity contribution >= 4 is 39.5 Å². The second-order valence-corrected chi connectivity index (χ2v) is 4.87. The molecule has 2 N–H and O–H groups in total. The number of aromatic amines is 1.